The zero-order valence-corrected chi connectivity index (χ0v) is 24.0. The minimum Gasteiger partial charge on any atom is -0.453 e. The fraction of sp³-hybridized carbons (Fsp3) is 0.481. The van der Waals surface area contributed by atoms with E-state index in [1.165, 1.54) is 23.5 Å². The number of nitrogens with one attached hydrogen (secondary N) is 2. The second-order valence-corrected chi connectivity index (χ2v) is 11.5. The smallest absolute Gasteiger partial charge is 0.407 e. The standard InChI is InChI=1S/C27H38ClN3O7S/c1-4-31(39(36,37)23-14-12-20(17-32)13-15-23)22(18-33)10-7-8-19(2)29-26(34)25(30-27(35)38-3)16-21-9-5-6-11-24(21)28/h5-6,9,11-15,19,22,25,32-33H,4,7-8,10,16-18H2,1-3H3,(H,29,34)(H,30,35)/t19-,22-,25-/m0/s1. The monoisotopic (exact) mass is 583 g/mol. The lowest BCUT2D eigenvalue weighted by Gasteiger charge is -2.29. The maximum atomic E-state index is 13.2. The van der Waals surface area contributed by atoms with E-state index in [0.29, 0.717) is 35.4 Å². The Morgan fingerprint density at radius 2 is 1.72 bits per heavy atom. The van der Waals surface area contributed by atoms with Crippen molar-refractivity contribution in [1.82, 2.24) is 14.9 Å². The summed E-state index contributed by atoms with van der Waals surface area (Å²) in [5.41, 5.74) is 1.30. The maximum Gasteiger partial charge on any atom is 0.407 e. The molecule has 216 valence electrons. The molecule has 0 heterocycles. The number of aliphatic hydroxyl groups excluding tert-OH is 2. The van der Waals surface area contributed by atoms with Gasteiger partial charge in [0, 0.05) is 30.1 Å². The van der Waals surface area contributed by atoms with Crippen LogP contribution in [0.2, 0.25) is 5.02 Å². The van der Waals surface area contributed by atoms with E-state index in [2.05, 4.69) is 15.4 Å². The Morgan fingerprint density at radius 3 is 2.28 bits per heavy atom. The van der Waals surface area contributed by atoms with E-state index in [0.717, 1.165) is 0 Å². The summed E-state index contributed by atoms with van der Waals surface area (Å²) in [4.78, 5) is 24.9. The van der Waals surface area contributed by atoms with Crippen molar-refractivity contribution in [1.29, 1.82) is 0 Å². The molecule has 0 aliphatic heterocycles. The molecule has 4 N–H and O–H groups in total. The number of hydrogen-bond acceptors (Lipinski definition) is 7. The topological polar surface area (TPSA) is 145 Å². The van der Waals surface area contributed by atoms with Crippen LogP contribution in [0.25, 0.3) is 0 Å². The molecule has 0 aliphatic rings. The molecule has 2 amide bonds. The van der Waals surface area contributed by atoms with Crippen molar-refractivity contribution in [3.63, 3.8) is 0 Å². The van der Waals surface area contributed by atoms with Gasteiger partial charge in [0.05, 0.1) is 25.2 Å². The molecule has 0 radical (unpaired) electrons. The zero-order chi connectivity index (χ0) is 29.0. The number of amides is 2. The summed E-state index contributed by atoms with van der Waals surface area (Å²) in [7, 11) is -2.64. The number of aliphatic hydroxyl groups is 2. The molecule has 0 fully saturated rings. The lowest BCUT2D eigenvalue weighted by molar-refractivity contribution is -0.123. The summed E-state index contributed by atoms with van der Waals surface area (Å²) in [6, 6.07) is 11.2. The Hall–Kier alpha value is -2.70. The minimum absolute atomic E-state index is 0.0864. The van der Waals surface area contributed by atoms with E-state index >= 15 is 0 Å². The zero-order valence-electron chi connectivity index (χ0n) is 22.5. The Labute approximate surface area is 235 Å². The number of nitrogens with zero attached hydrogens (tertiary/aromatic N) is 1. The van der Waals surface area contributed by atoms with Gasteiger partial charge in [-0.05, 0) is 55.5 Å². The highest BCUT2D eigenvalue weighted by molar-refractivity contribution is 7.89. The van der Waals surface area contributed by atoms with E-state index in [9.17, 15) is 28.2 Å². The molecule has 10 nitrogen and oxygen atoms in total. The van der Waals surface area contributed by atoms with E-state index in [1.54, 1.807) is 43.3 Å². The number of sulfonamides is 1. The van der Waals surface area contributed by atoms with Crippen molar-refractivity contribution >= 4 is 33.6 Å². The molecule has 0 saturated carbocycles. The predicted molar refractivity (Wildman–Crippen MR) is 149 cm³/mol. The van der Waals surface area contributed by atoms with Crippen molar-refractivity contribution < 1.29 is 33.0 Å². The molecular formula is C27H38ClN3O7S. The Balaban J connectivity index is 2.00. The first-order chi connectivity index (χ1) is 18.6. The van der Waals surface area contributed by atoms with Gasteiger partial charge >= 0.3 is 6.09 Å². The molecule has 12 heteroatoms. The normalized spacial score (nSPS) is 13.9. The second-order valence-electron chi connectivity index (χ2n) is 9.17. The minimum atomic E-state index is -3.86. The lowest BCUT2D eigenvalue weighted by atomic mass is 10.0. The summed E-state index contributed by atoms with van der Waals surface area (Å²) < 4.78 is 32.3. The molecule has 2 aromatic carbocycles. The molecule has 0 saturated heterocycles. The first kappa shape index (κ1) is 32.5. The average Bonchev–Trinajstić information content (AvgIpc) is 2.92. The van der Waals surface area contributed by atoms with Gasteiger partial charge in [-0.25, -0.2) is 13.2 Å². The van der Waals surface area contributed by atoms with Gasteiger partial charge in [0.15, 0.2) is 0 Å². The van der Waals surface area contributed by atoms with Crippen LogP contribution < -0.4 is 10.6 Å². The van der Waals surface area contributed by atoms with Gasteiger partial charge in [0.1, 0.15) is 6.04 Å². The van der Waals surface area contributed by atoms with Gasteiger partial charge < -0.3 is 25.6 Å². The SMILES string of the molecule is CCN([C@H](CO)CCC[C@H](C)NC(=O)[C@H](Cc1ccccc1Cl)NC(=O)OC)S(=O)(=O)c1ccc(CO)cc1. The number of alkyl carbamates (subject to hydrolysis) is 1. The number of methoxy groups -OCH3 is 1. The van der Waals surface area contributed by atoms with E-state index in [1.807, 2.05) is 6.92 Å². The highest BCUT2D eigenvalue weighted by atomic mass is 35.5. The quantitative estimate of drug-likeness (QED) is 0.252. The molecule has 2 aromatic rings. The fourth-order valence-electron chi connectivity index (χ4n) is 4.22. The largest absolute Gasteiger partial charge is 0.453 e. The summed E-state index contributed by atoms with van der Waals surface area (Å²) >= 11 is 6.23. The van der Waals surface area contributed by atoms with Crippen LogP contribution in [0, 0.1) is 0 Å². The molecule has 0 aromatic heterocycles. The number of carbonyl (C=O) groups excluding carboxylic acids is 2. The molecule has 0 spiro atoms. The summed E-state index contributed by atoms with van der Waals surface area (Å²) in [5, 5.41) is 25.1. The number of carbonyl (C=O) groups is 2. The van der Waals surface area contributed by atoms with E-state index in [-0.39, 0.29) is 37.1 Å². The highest BCUT2D eigenvalue weighted by Gasteiger charge is 2.30. The van der Waals surface area contributed by atoms with Crippen LogP contribution in [0.15, 0.2) is 53.4 Å². The van der Waals surface area contributed by atoms with Gasteiger partial charge in [-0.1, -0.05) is 48.9 Å². The molecule has 0 unspecified atom stereocenters. The second kappa shape index (κ2) is 15.8. The van der Waals surface area contributed by atoms with Crippen molar-refractivity contribution in [3.05, 3.63) is 64.7 Å². The van der Waals surface area contributed by atoms with Crippen molar-refractivity contribution in [3.8, 4) is 0 Å². The van der Waals surface area contributed by atoms with Crippen molar-refractivity contribution in [2.75, 3.05) is 20.3 Å². The highest BCUT2D eigenvalue weighted by Crippen LogP contribution is 2.22. The number of rotatable bonds is 15. The van der Waals surface area contributed by atoms with Crippen LogP contribution in [0.1, 0.15) is 44.2 Å². The van der Waals surface area contributed by atoms with Crippen molar-refractivity contribution in [2.24, 2.45) is 0 Å². The number of ether oxygens (including phenoxy) is 1. The summed E-state index contributed by atoms with van der Waals surface area (Å²) in [6.45, 7) is 3.15. The molecule has 3 atom stereocenters. The number of hydrogen-bond donors (Lipinski definition) is 4. The number of halogens is 1. The van der Waals surface area contributed by atoms with Crippen LogP contribution in [0.4, 0.5) is 4.79 Å². The van der Waals surface area contributed by atoms with Crippen LogP contribution in [-0.4, -0.2) is 73.3 Å². The molecule has 0 aliphatic carbocycles. The number of benzene rings is 2. The lowest BCUT2D eigenvalue weighted by Crippen LogP contribution is -2.50. The van der Waals surface area contributed by atoms with Gasteiger partial charge in [0.25, 0.3) is 0 Å². The maximum absolute atomic E-state index is 13.2. The van der Waals surface area contributed by atoms with Gasteiger partial charge in [-0.3, -0.25) is 4.79 Å². The third kappa shape index (κ3) is 9.47. The first-order valence-electron chi connectivity index (χ1n) is 12.8. The van der Waals surface area contributed by atoms with Crippen LogP contribution in [0.3, 0.4) is 0 Å². The van der Waals surface area contributed by atoms with Gasteiger partial charge in [-0.2, -0.15) is 4.31 Å². The fourth-order valence-corrected chi connectivity index (χ4v) is 6.09. The van der Waals surface area contributed by atoms with Crippen LogP contribution >= 0.6 is 11.6 Å². The van der Waals surface area contributed by atoms with Crippen LogP contribution in [0.5, 0.6) is 0 Å². The Bertz CT molecular complexity index is 1180. The summed E-state index contributed by atoms with van der Waals surface area (Å²) in [6.07, 6.45) is 0.849. The molecule has 39 heavy (non-hydrogen) atoms. The first-order valence-corrected chi connectivity index (χ1v) is 14.6. The van der Waals surface area contributed by atoms with Gasteiger partial charge in [-0.15, -0.1) is 0 Å². The Kier molecular flexibility index (Phi) is 13.2. The Morgan fingerprint density at radius 1 is 1.05 bits per heavy atom. The summed E-state index contributed by atoms with van der Waals surface area (Å²) in [5.74, 6) is -0.407. The third-order valence-corrected chi connectivity index (χ3v) is 8.79. The predicted octanol–water partition coefficient (Wildman–Crippen LogP) is 2.85. The van der Waals surface area contributed by atoms with Gasteiger partial charge in [0.2, 0.25) is 15.9 Å². The molecule has 2 rings (SSSR count). The molecule has 0 bridgehead atoms. The van der Waals surface area contributed by atoms with Crippen LogP contribution in [-0.2, 0) is 32.6 Å². The van der Waals surface area contributed by atoms with Crippen molar-refractivity contribution in [2.45, 2.75) is 69.2 Å². The average molecular weight is 584 g/mol. The number of likely N-dealkylation sites (N-methyl/N-ethyl adjacent to an activating group) is 1. The third-order valence-electron chi connectivity index (χ3n) is 6.38. The molecular weight excluding hydrogens is 546 g/mol. The van der Waals surface area contributed by atoms with E-state index < -0.39 is 34.1 Å². The van der Waals surface area contributed by atoms with E-state index in [4.69, 9.17) is 11.6 Å².